The zero-order valence-electron chi connectivity index (χ0n) is 9.77. The summed E-state index contributed by atoms with van der Waals surface area (Å²) < 4.78 is 10.6. The summed E-state index contributed by atoms with van der Waals surface area (Å²) in [5.74, 6) is 1.39. The number of ether oxygens (including phenoxy) is 2. The molecule has 0 saturated heterocycles. The number of nitrogens with two attached hydrogens (primary N) is 1. The minimum Gasteiger partial charge on any atom is -0.493 e. The summed E-state index contributed by atoms with van der Waals surface area (Å²) in [6.07, 6.45) is 0.539. The average molecular weight is 225 g/mol. The van der Waals surface area contributed by atoms with Gasteiger partial charge in [-0.15, -0.1) is 0 Å². The Balaban J connectivity index is 2.89. The van der Waals surface area contributed by atoms with Crippen molar-refractivity contribution in [1.82, 2.24) is 0 Å². The molecule has 0 radical (unpaired) electrons. The van der Waals surface area contributed by atoms with Gasteiger partial charge in [-0.25, -0.2) is 0 Å². The minimum atomic E-state index is -0.172. The molecule has 0 amide bonds. The van der Waals surface area contributed by atoms with E-state index in [1.54, 1.807) is 7.11 Å². The maximum atomic E-state index is 8.83. The van der Waals surface area contributed by atoms with Crippen molar-refractivity contribution >= 4 is 0 Å². The zero-order chi connectivity index (χ0) is 12.0. The maximum Gasteiger partial charge on any atom is 0.161 e. The van der Waals surface area contributed by atoms with E-state index in [9.17, 15) is 0 Å². The predicted octanol–water partition coefficient (Wildman–Crippen LogP) is 1.48. The summed E-state index contributed by atoms with van der Waals surface area (Å²) in [5, 5.41) is 8.83. The summed E-state index contributed by atoms with van der Waals surface area (Å²) in [5.41, 5.74) is 6.84. The van der Waals surface area contributed by atoms with Gasteiger partial charge < -0.3 is 20.3 Å². The van der Waals surface area contributed by atoms with E-state index in [1.807, 2.05) is 25.1 Å². The van der Waals surface area contributed by atoms with Crippen LogP contribution in [0.3, 0.4) is 0 Å². The molecule has 0 spiro atoms. The van der Waals surface area contributed by atoms with Crippen LogP contribution in [0.25, 0.3) is 0 Å². The highest BCUT2D eigenvalue weighted by molar-refractivity contribution is 5.43. The van der Waals surface area contributed by atoms with Crippen molar-refractivity contribution in [3.05, 3.63) is 23.8 Å². The van der Waals surface area contributed by atoms with E-state index in [4.69, 9.17) is 20.3 Å². The lowest BCUT2D eigenvalue weighted by molar-refractivity contribution is 0.276. The van der Waals surface area contributed by atoms with Crippen LogP contribution in [0, 0.1) is 0 Å². The Morgan fingerprint density at radius 2 is 2.12 bits per heavy atom. The first kappa shape index (κ1) is 12.8. The molecule has 0 aliphatic rings. The van der Waals surface area contributed by atoms with Crippen molar-refractivity contribution in [3.8, 4) is 11.5 Å². The van der Waals surface area contributed by atoms with Crippen LogP contribution in [0.2, 0.25) is 0 Å². The number of rotatable bonds is 6. The molecule has 1 atom stereocenters. The molecule has 4 nitrogen and oxygen atoms in total. The Kier molecular flexibility index (Phi) is 5.08. The standard InChI is InChI=1S/C12H19NO3/c1-3-16-11-5-4-9(8-12(11)15-2)10(13)6-7-14/h4-5,8,10,14H,3,6-7,13H2,1-2H3/t10-/m0/s1. The number of hydrogen-bond acceptors (Lipinski definition) is 4. The Morgan fingerprint density at radius 3 is 2.69 bits per heavy atom. The van der Waals surface area contributed by atoms with Gasteiger partial charge in [-0.1, -0.05) is 6.07 Å². The largest absolute Gasteiger partial charge is 0.493 e. The fraction of sp³-hybridized carbons (Fsp3) is 0.500. The molecule has 0 aromatic heterocycles. The van der Waals surface area contributed by atoms with Gasteiger partial charge in [0.15, 0.2) is 11.5 Å². The first-order valence-electron chi connectivity index (χ1n) is 5.40. The Hall–Kier alpha value is -1.26. The molecule has 4 heteroatoms. The number of aliphatic hydroxyl groups is 1. The van der Waals surface area contributed by atoms with Crippen LogP contribution in [-0.2, 0) is 0 Å². The third kappa shape index (κ3) is 3.12. The van der Waals surface area contributed by atoms with Crippen LogP contribution < -0.4 is 15.2 Å². The van der Waals surface area contributed by atoms with E-state index in [0.29, 0.717) is 24.5 Å². The van der Waals surface area contributed by atoms with Crippen molar-refractivity contribution in [3.63, 3.8) is 0 Å². The molecular formula is C12H19NO3. The molecule has 3 N–H and O–H groups in total. The SMILES string of the molecule is CCOc1ccc([C@@H](N)CCO)cc1OC. The average Bonchev–Trinajstić information content (AvgIpc) is 2.30. The van der Waals surface area contributed by atoms with Crippen LogP contribution in [0.15, 0.2) is 18.2 Å². The monoisotopic (exact) mass is 225 g/mol. The van der Waals surface area contributed by atoms with Gasteiger partial charge in [-0.3, -0.25) is 0 Å². The fourth-order valence-electron chi connectivity index (χ4n) is 1.50. The zero-order valence-corrected chi connectivity index (χ0v) is 9.77. The van der Waals surface area contributed by atoms with Gasteiger partial charge in [-0.2, -0.15) is 0 Å². The van der Waals surface area contributed by atoms with Gasteiger partial charge in [0, 0.05) is 12.6 Å². The number of methoxy groups -OCH3 is 1. The molecule has 0 fully saturated rings. The van der Waals surface area contributed by atoms with Crippen molar-refractivity contribution in [1.29, 1.82) is 0 Å². The van der Waals surface area contributed by atoms with Gasteiger partial charge in [0.25, 0.3) is 0 Å². The lowest BCUT2D eigenvalue weighted by atomic mass is 10.0. The van der Waals surface area contributed by atoms with Crippen LogP contribution in [-0.4, -0.2) is 25.4 Å². The van der Waals surface area contributed by atoms with Gasteiger partial charge >= 0.3 is 0 Å². The summed E-state index contributed by atoms with van der Waals surface area (Å²) in [6.45, 7) is 2.60. The number of hydrogen-bond donors (Lipinski definition) is 2. The first-order chi connectivity index (χ1) is 7.72. The molecule has 0 aliphatic carbocycles. The second-order valence-corrected chi connectivity index (χ2v) is 3.46. The van der Waals surface area contributed by atoms with Crippen molar-refractivity contribution < 1.29 is 14.6 Å². The molecule has 1 aromatic carbocycles. The van der Waals surface area contributed by atoms with Crippen LogP contribution in [0.4, 0.5) is 0 Å². The number of aliphatic hydroxyl groups excluding tert-OH is 1. The van der Waals surface area contributed by atoms with E-state index in [1.165, 1.54) is 0 Å². The van der Waals surface area contributed by atoms with Crippen LogP contribution in [0.5, 0.6) is 11.5 Å². The molecular weight excluding hydrogens is 206 g/mol. The highest BCUT2D eigenvalue weighted by Gasteiger charge is 2.10. The lowest BCUT2D eigenvalue weighted by Crippen LogP contribution is -2.12. The Morgan fingerprint density at radius 1 is 1.38 bits per heavy atom. The molecule has 1 rings (SSSR count). The van der Waals surface area contributed by atoms with E-state index < -0.39 is 0 Å². The summed E-state index contributed by atoms with van der Waals surface area (Å²) in [4.78, 5) is 0. The summed E-state index contributed by atoms with van der Waals surface area (Å²) >= 11 is 0. The summed E-state index contributed by atoms with van der Waals surface area (Å²) in [6, 6.07) is 5.42. The van der Waals surface area contributed by atoms with Gasteiger partial charge in [0.2, 0.25) is 0 Å². The third-order valence-electron chi connectivity index (χ3n) is 2.36. The second-order valence-electron chi connectivity index (χ2n) is 3.46. The quantitative estimate of drug-likeness (QED) is 0.769. The topological polar surface area (TPSA) is 64.7 Å². The molecule has 0 aliphatic heterocycles. The number of benzene rings is 1. The van der Waals surface area contributed by atoms with Crippen molar-refractivity contribution in [2.45, 2.75) is 19.4 Å². The Bertz CT molecular complexity index is 328. The fourth-order valence-corrected chi connectivity index (χ4v) is 1.50. The molecule has 1 aromatic rings. The van der Waals surface area contributed by atoms with Crippen LogP contribution in [0.1, 0.15) is 24.9 Å². The molecule has 0 heterocycles. The normalized spacial score (nSPS) is 12.2. The van der Waals surface area contributed by atoms with E-state index in [0.717, 1.165) is 5.56 Å². The lowest BCUT2D eigenvalue weighted by Gasteiger charge is -2.14. The van der Waals surface area contributed by atoms with Crippen molar-refractivity contribution in [2.24, 2.45) is 5.73 Å². The third-order valence-corrected chi connectivity index (χ3v) is 2.36. The first-order valence-corrected chi connectivity index (χ1v) is 5.40. The summed E-state index contributed by atoms with van der Waals surface area (Å²) in [7, 11) is 1.60. The Labute approximate surface area is 96.0 Å². The smallest absolute Gasteiger partial charge is 0.161 e. The van der Waals surface area contributed by atoms with E-state index in [-0.39, 0.29) is 12.6 Å². The molecule has 0 unspecified atom stereocenters. The van der Waals surface area contributed by atoms with Gasteiger partial charge in [-0.05, 0) is 31.0 Å². The van der Waals surface area contributed by atoms with Gasteiger partial charge in [0.05, 0.1) is 13.7 Å². The minimum absolute atomic E-state index is 0.0801. The highest BCUT2D eigenvalue weighted by Crippen LogP contribution is 2.30. The maximum absolute atomic E-state index is 8.83. The van der Waals surface area contributed by atoms with Crippen LogP contribution >= 0.6 is 0 Å². The molecule has 0 saturated carbocycles. The van der Waals surface area contributed by atoms with E-state index >= 15 is 0 Å². The molecule has 90 valence electrons. The predicted molar refractivity (Wildman–Crippen MR) is 62.8 cm³/mol. The van der Waals surface area contributed by atoms with E-state index in [2.05, 4.69) is 0 Å². The molecule has 0 bridgehead atoms. The van der Waals surface area contributed by atoms with Crippen molar-refractivity contribution in [2.75, 3.05) is 20.3 Å². The molecule has 16 heavy (non-hydrogen) atoms. The van der Waals surface area contributed by atoms with Gasteiger partial charge in [0.1, 0.15) is 0 Å². The second kappa shape index (κ2) is 6.35. The highest BCUT2D eigenvalue weighted by atomic mass is 16.5.